The van der Waals surface area contributed by atoms with E-state index in [0.29, 0.717) is 0 Å². The van der Waals surface area contributed by atoms with Crippen LogP contribution in [0, 0.1) is 5.82 Å². The van der Waals surface area contributed by atoms with Crippen molar-refractivity contribution in [2.75, 3.05) is 26.1 Å². The van der Waals surface area contributed by atoms with Crippen LogP contribution in [0.25, 0.3) is 5.65 Å². The molecule has 5 rings (SSSR count). The van der Waals surface area contributed by atoms with Gasteiger partial charge in [0.15, 0.2) is 5.69 Å². The molecule has 212 valence electrons. The summed E-state index contributed by atoms with van der Waals surface area (Å²) in [5.74, 6) is -1.97. The van der Waals surface area contributed by atoms with E-state index in [1.165, 1.54) is 33.6 Å². The molecule has 14 heteroatoms. The molecule has 1 atom stereocenters. The fourth-order valence-corrected chi connectivity index (χ4v) is 4.75. The van der Waals surface area contributed by atoms with Crippen LogP contribution >= 0.6 is 0 Å². The third-order valence-corrected chi connectivity index (χ3v) is 6.71. The maximum Gasteiger partial charge on any atom is 0.280 e. The van der Waals surface area contributed by atoms with E-state index in [1.807, 2.05) is 6.07 Å². The van der Waals surface area contributed by atoms with Crippen LogP contribution in [0.5, 0.6) is 0 Å². The van der Waals surface area contributed by atoms with E-state index in [9.17, 15) is 23.6 Å². The maximum absolute atomic E-state index is 13.6. The number of pyridine rings is 2. The second-order valence-electron chi connectivity index (χ2n) is 9.69. The second kappa shape index (κ2) is 11.3. The topological polar surface area (TPSA) is 144 Å². The number of carbonyl (C=O) groups excluding carboxylic acids is 3. The van der Waals surface area contributed by atoms with E-state index < -0.39 is 35.6 Å². The Kier molecular flexibility index (Phi) is 7.57. The molecule has 0 radical (unpaired) electrons. The van der Waals surface area contributed by atoms with Gasteiger partial charge in [-0.1, -0.05) is 6.07 Å². The number of nitrogens with one attached hydrogen (secondary N) is 1. The van der Waals surface area contributed by atoms with Crippen LogP contribution in [-0.4, -0.2) is 78.5 Å². The molecule has 5 heterocycles. The van der Waals surface area contributed by atoms with E-state index in [1.54, 1.807) is 32.4 Å². The van der Waals surface area contributed by atoms with Gasteiger partial charge in [-0.15, -0.1) is 0 Å². The van der Waals surface area contributed by atoms with Crippen molar-refractivity contribution in [2.24, 2.45) is 0 Å². The van der Waals surface area contributed by atoms with Crippen LogP contribution in [0.2, 0.25) is 0 Å². The van der Waals surface area contributed by atoms with Gasteiger partial charge in [0, 0.05) is 39.2 Å². The van der Waals surface area contributed by atoms with Crippen LogP contribution in [0.4, 0.5) is 10.2 Å². The number of aromatic nitrogens is 5. The molecule has 0 saturated heterocycles. The van der Waals surface area contributed by atoms with Crippen molar-refractivity contribution in [1.29, 1.82) is 0 Å². The molecular formula is C27H27FN8O5. The van der Waals surface area contributed by atoms with Gasteiger partial charge < -0.3 is 24.4 Å². The highest BCUT2D eigenvalue weighted by Crippen LogP contribution is 2.25. The summed E-state index contributed by atoms with van der Waals surface area (Å²) in [5.41, 5.74) is 0.445. The van der Waals surface area contributed by atoms with Gasteiger partial charge in [0.1, 0.15) is 29.5 Å². The van der Waals surface area contributed by atoms with Crippen LogP contribution in [-0.2, 0) is 29.2 Å². The van der Waals surface area contributed by atoms with Gasteiger partial charge in [-0.25, -0.2) is 9.37 Å². The molecule has 41 heavy (non-hydrogen) atoms. The maximum atomic E-state index is 13.6. The number of anilines is 1. The SMILES string of the molecule is COCC(C)N1Cc2c(n(CC(=O)Nc3ccc(F)cn3)c3cc(C(=O)N(C)Cc4cccnc4)nn3c2=O)C1=O. The van der Waals surface area contributed by atoms with Gasteiger partial charge in [-0.2, -0.15) is 9.61 Å². The summed E-state index contributed by atoms with van der Waals surface area (Å²) in [4.78, 5) is 64.3. The predicted molar refractivity (Wildman–Crippen MR) is 144 cm³/mol. The lowest BCUT2D eigenvalue weighted by Gasteiger charge is -2.23. The summed E-state index contributed by atoms with van der Waals surface area (Å²) in [6.07, 6.45) is 4.22. The molecule has 0 fully saturated rings. The Hall–Kier alpha value is -4.98. The molecule has 4 aromatic heterocycles. The van der Waals surface area contributed by atoms with Crippen LogP contribution < -0.4 is 10.9 Å². The van der Waals surface area contributed by atoms with Crippen LogP contribution in [0.1, 0.15) is 39.0 Å². The molecule has 0 spiro atoms. The minimum Gasteiger partial charge on any atom is -0.383 e. The molecule has 1 N–H and O–H groups in total. The Morgan fingerprint density at radius 1 is 1.22 bits per heavy atom. The van der Waals surface area contributed by atoms with Crippen molar-refractivity contribution in [2.45, 2.75) is 32.6 Å². The summed E-state index contributed by atoms with van der Waals surface area (Å²) in [5, 5.41) is 6.84. The first-order valence-electron chi connectivity index (χ1n) is 12.7. The molecule has 0 bridgehead atoms. The quantitative estimate of drug-likeness (QED) is 0.322. The molecule has 3 amide bonds. The Labute approximate surface area is 233 Å². The number of rotatable bonds is 9. The minimum absolute atomic E-state index is 0.0152. The minimum atomic E-state index is -0.587. The first-order valence-corrected chi connectivity index (χ1v) is 12.7. The van der Waals surface area contributed by atoms with Crippen molar-refractivity contribution in [3.63, 3.8) is 0 Å². The molecule has 1 unspecified atom stereocenters. The highest BCUT2D eigenvalue weighted by Gasteiger charge is 2.37. The zero-order valence-electron chi connectivity index (χ0n) is 22.6. The molecule has 1 aliphatic rings. The number of hydrogen-bond donors (Lipinski definition) is 1. The molecule has 4 aromatic rings. The normalized spacial score (nSPS) is 13.4. The average Bonchev–Trinajstić information content (AvgIpc) is 3.55. The molecule has 0 aliphatic carbocycles. The zero-order valence-corrected chi connectivity index (χ0v) is 22.6. The molecular weight excluding hydrogens is 535 g/mol. The fraction of sp³-hybridized carbons (Fsp3) is 0.296. The van der Waals surface area contributed by atoms with Gasteiger partial charge in [0.25, 0.3) is 17.4 Å². The highest BCUT2D eigenvalue weighted by atomic mass is 19.1. The van der Waals surface area contributed by atoms with Gasteiger partial charge in [-0.3, -0.25) is 24.2 Å². The van der Waals surface area contributed by atoms with E-state index >= 15 is 0 Å². The van der Waals surface area contributed by atoms with Crippen molar-refractivity contribution in [1.82, 2.24) is 33.9 Å². The first-order chi connectivity index (χ1) is 19.7. The van der Waals surface area contributed by atoms with E-state index in [4.69, 9.17) is 4.74 Å². The van der Waals surface area contributed by atoms with Crippen molar-refractivity contribution >= 4 is 29.2 Å². The smallest absolute Gasteiger partial charge is 0.280 e. The standard InChI is InChI=1S/C27H27FN8O5/c1-16(15-41-3)34-13-19-24(27(34)40)35(14-22(37)31-21-7-6-18(28)11-30-21)23-9-20(32-36(23)25(19)38)26(39)33(2)12-17-5-4-8-29-10-17/h4-11,16H,12-15H2,1-3H3,(H,30,31,37). The van der Waals surface area contributed by atoms with Crippen molar-refractivity contribution in [3.8, 4) is 0 Å². The van der Waals surface area contributed by atoms with Gasteiger partial charge in [0.05, 0.1) is 31.0 Å². The van der Waals surface area contributed by atoms with E-state index in [-0.39, 0.29) is 54.2 Å². The summed E-state index contributed by atoms with van der Waals surface area (Å²) >= 11 is 0. The number of hydrogen-bond acceptors (Lipinski definition) is 8. The number of amides is 3. The highest BCUT2D eigenvalue weighted by molar-refractivity contribution is 5.99. The largest absolute Gasteiger partial charge is 0.383 e. The zero-order chi connectivity index (χ0) is 29.3. The van der Waals surface area contributed by atoms with Gasteiger partial charge in [0.2, 0.25) is 5.91 Å². The molecule has 0 saturated carbocycles. The Morgan fingerprint density at radius 3 is 2.71 bits per heavy atom. The Bertz CT molecular complexity index is 1690. The number of fused-ring (bicyclic) bond motifs is 2. The summed E-state index contributed by atoms with van der Waals surface area (Å²) in [6.45, 7) is 1.85. The molecule has 1 aliphatic heterocycles. The lowest BCUT2D eigenvalue weighted by Crippen LogP contribution is -2.37. The monoisotopic (exact) mass is 562 g/mol. The fourth-order valence-electron chi connectivity index (χ4n) is 4.75. The second-order valence-corrected chi connectivity index (χ2v) is 9.69. The Balaban J connectivity index is 1.55. The summed E-state index contributed by atoms with van der Waals surface area (Å²) in [7, 11) is 3.10. The number of nitrogens with zero attached hydrogens (tertiary/aromatic N) is 7. The summed E-state index contributed by atoms with van der Waals surface area (Å²) in [6, 6.07) is 7.05. The average molecular weight is 563 g/mol. The summed E-state index contributed by atoms with van der Waals surface area (Å²) < 4.78 is 20.9. The third-order valence-electron chi connectivity index (χ3n) is 6.71. The number of ether oxygens (including phenoxy) is 1. The van der Waals surface area contributed by atoms with Crippen molar-refractivity contribution in [3.05, 3.63) is 87.6 Å². The lowest BCUT2D eigenvalue weighted by molar-refractivity contribution is -0.116. The van der Waals surface area contributed by atoms with Gasteiger partial charge >= 0.3 is 0 Å². The molecule has 0 aromatic carbocycles. The van der Waals surface area contributed by atoms with Gasteiger partial charge in [-0.05, 0) is 30.7 Å². The lowest BCUT2D eigenvalue weighted by atomic mass is 10.2. The first kappa shape index (κ1) is 27.6. The Morgan fingerprint density at radius 2 is 2.02 bits per heavy atom. The number of carbonyl (C=O) groups is 3. The predicted octanol–water partition coefficient (Wildman–Crippen LogP) is 1.33. The van der Waals surface area contributed by atoms with Crippen LogP contribution in [0.15, 0.2) is 53.7 Å². The van der Waals surface area contributed by atoms with Crippen molar-refractivity contribution < 1.29 is 23.5 Å². The van der Waals surface area contributed by atoms with E-state index in [2.05, 4.69) is 20.4 Å². The number of halogens is 1. The number of methoxy groups -OCH3 is 1. The third kappa shape index (κ3) is 5.41. The van der Waals surface area contributed by atoms with E-state index in [0.717, 1.165) is 22.3 Å². The molecule has 13 nitrogen and oxygen atoms in total. The van der Waals surface area contributed by atoms with Crippen LogP contribution in [0.3, 0.4) is 0 Å².